The van der Waals surface area contributed by atoms with Crippen molar-refractivity contribution in [1.82, 2.24) is 5.32 Å². The number of amides is 1. The van der Waals surface area contributed by atoms with E-state index < -0.39 is 23.3 Å². The van der Waals surface area contributed by atoms with E-state index in [1.165, 1.54) is 12.1 Å². The van der Waals surface area contributed by atoms with Gasteiger partial charge in [-0.2, -0.15) is 13.2 Å². The number of hydrogen-bond donors (Lipinski definition) is 2. The van der Waals surface area contributed by atoms with Crippen LogP contribution in [0.15, 0.2) is 42.5 Å². The van der Waals surface area contributed by atoms with Crippen LogP contribution in [0.1, 0.15) is 55.2 Å². The van der Waals surface area contributed by atoms with Gasteiger partial charge >= 0.3 is 6.18 Å². The molecule has 2 aromatic rings. The molecule has 0 radical (unpaired) electrons. The van der Waals surface area contributed by atoms with Gasteiger partial charge in [0.15, 0.2) is 5.78 Å². The average molecular weight is 538 g/mol. The van der Waals surface area contributed by atoms with E-state index in [0.29, 0.717) is 61.3 Å². The summed E-state index contributed by atoms with van der Waals surface area (Å²) < 4.78 is 43.8. The minimum Gasteiger partial charge on any atom is -0.486 e. The number of rotatable bonds is 9. The van der Waals surface area contributed by atoms with Crippen molar-refractivity contribution in [3.05, 3.63) is 64.2 Å². The number of aryl methyl sites for hydroxylation is 1. The van der Waals surface area contributed by atoms with Crippen LogP contribution in [0.3, 0.4) is 0 Å². The molecular formula is C28H31ClF3NO4. The zero-order chi connectivity index (χ0) is 26.8. The lowest BCUT2D eigenvalue weighted by Gasteiger charge is -2.55. The molecule has 2 aromatic carbocycles. The van der Waals surface area contributed by atoms with E-state index >= 15 is 0 Å². The van der Waals surface area contributed by atoms with Gasteiger partial charge in [0, 0.05) is 18.0 Å². The highest BCUT2D eigenvalue weighted by Crippen LogP contribution is 2.58. The van der Waals surface area contributed by atoms with Gasteiger partial charge in [-0.3, -0.25) is 9.59 Å². The number of halogens is 4. The number of ketones is 1. The molecule has 3 fully saturated rings. The fourth-order valence-electron chi connectivity index (χ4n) is 5.69. The molecule has 2 bridgehead atoms. The minimum absolute atomic E-state index is 0.0461. The number of nitrogens with one attached hydrogen (secondary N) is 1. The Morgan fingerprint density at radius 3 is 2.38 bits per heavy atom. The molecule has 9 heteroatoms. The molecule has 5 rings (SSSR count). The van der Waals surface area contributed by atoms with Gasteiger partial charge in [-0.05, 0) is 92.3 Å². The van der Waals surface area contributed by atoms with Crippen LogP contribution >= 0.6 is 11.6 Å². The third-order valence-corrected chi connectivity index (χ3v) is 8.43. The number of benzene rings is 2. The first-order valence-corrected chi connectivity index (χ1v) is 12.8. The van der Waals surface area contributed by atoms with Crippen molar-refractivity contribution < 1.29 is 32.6 Å². The molecule has 0 saturated heterocycles. The number of ether oxygens (including phenoxy) is 1. The molecule has 0 spiro atoms. The van der Waals surface area contributed by atoms with Crippen molar-refractivity contribution in [3.8, 4) is 5.75 Å². The van der Waals surface area contributed by atoms with Crippen LogP contribution in [0.2, 0.25) is 5.02 Å². The van der Waals surface area contributed by atoms with Crippen molar-refractivity contribution >= 4 is 23.3 Å². The van der Waals surface area contributed by atoms with Gasteiger partial charge in [-0.25, -0.2) is 0 Å². The van der Waals surface area contributed by atoms with Crippen LogP contribution in [0, 0.1) is 17.8 Å². The summed E-state index contributed by atoms with van der Waals surface area (Å²) in [7, 11) is 0. The molecule has 3 aliphatic rings. The van der Waals surface area contributed by atoms with Crippen LogP contribution in [0.4, 0.5) is 13.2 Å². The monoisotopic (exact) mass is 537 g/mol. The Morgan fingerprint density at radius 1 is 1.11 bits per heavy atom. The summed E-state index contributed by atoms with van der Waals surface area (Å²) >= 11 is 6.03. The normalized spacial score (nSPS) is 25.1. The molecule has 3 saturated carbocycles. The highest BCUT2D eigenvalue weighted by atomic mass is 35.5. The third-order valence-electron chi connectivity index (χ3n) is 8.00. The molecule has 3 aliphatic carbocycles. The number of aliphatic hydroxyl groups is 1. The largest absolute Gasteiger partial charge is 0.486 e. The maximum absolute atomic E-state index is 13.1. The van der Waals surface area contributed by atoms with E-state index in [1.807, 2.05) is 6.92 Å². The van der Waals surface area contributed by atoms with Crippen molar-refractivity contribution in [2.45, 2.75) is 64.1 Å². The first-order chi connectivity index (χ1) is 17.4. The summed E-state index contributed by atoms with van der Waals surface area (Å²) in [4.78, 5) is 25.8. The van der Waals surface area contributed by atoms with Gasteiger partial charge in [-0.15, -0.1) is 0 Å². The number of carbonyl (C=O) groups excluding carboxylic acids is 2. The van der Waals surface area contributed by atoms with Crippen LogP contribution in [0.5, 0.6) is 5.75 Å². The van der Waals surface area contributed by atoms with E-state index in [1.54, 1.807) is 18.2 Å². The molecular weight excluding hydrogens is 507 g/mol. The second-order valence-corrected chi connectivity index (χ2v) is 10.9. The smallest absolute Gasteiger partial charge is 0.416 e. The zero-order valence-corrected chi connectivity index (χ0v) is 21.4. The Hall–Kier alpha value is -2.58. The molecule has 5 nitrogen and oxygen atoms in total. The van der Waals surface area contributed by atoms with E-state index in [4.69, 9.17) is 16.3 Å². The number of aliphatic hydroxyl groups excluding tert-OH is 1. The maximum atomic E-state index is 13.1. The summed E-state index contributed by atoms with van der Waals surface area (Å²) in [6, 6.07) is 10.1. The summed E-state index contributed by atoms with van der Waals surface area (Å²) in [5, 5.41) is 14.5. The lowest BCUT2D eigenvalue weighted by Crippen LogP contribution is -2.58. The summed E-state index contributed by atoms with van der Waals surface area (Å²) in [5.41, 5.74) is -0.380. The van der Waals surface area contributed by atoms with Crippen LogP contribution in [-0.4, -0.2) is 36.1 Å². The van der Waals surface area contributed by atoms with Gasteiger partial charge in [0.1, 0.15) is 12.4 Å². The van der Waals surface area contributed by atoms with Crippen LogP contribution in [0.25, 0.3) is 0 Å². The minimum atomic E-state index is -4.38. The molecule has 0 aromatic heterocycles. The first-order valence-electron chi connectivity index (χ1n) is 12.5. The summed E-state index contributed by atoms with van der Waals surface area (Å²) in [5.74, 6) is 0.301. The van der Waals surface area contributed by atoms with E-state index in [-0.39, 0.29) is 30.3 Å². The third kappa shape index (κ3) is 6.12. The predicted octanol–water partition coefficient (Wildman–Crippen LogP) is 5.68. The standard InChI is InChI=1S/C28H31ClF3NO4/c1-18-14-22(6-7-23(18)29)37-17-21(34)15-26-9-11-27(12-10-26,24(35)16-26)25(36)33-13-8-19-2-4-20(5-3-19)28(30,31)32/h2-7,14,24,35H,8-13,15-17H2,1H3,(H,33,36). The Kier molecular flexibility index (Phi) is 7.91. The molecule has 0 heterocycles. The Labute approximate surface area is 219 Å². The lowest BCUT2D eigenvalue weighted by atomic mass is 9.51. The van der Waals surface area contributed by atoms with Crippen molar-refractivity contribution in [3.63, 3.8) is 0 Å². The SMILES string of the molecule is Cc1cc(OCC(=O)CC23CCC(C(=O)NCCc4ccc(C(F)(F)F)cc4)(CC2)C(O)C3)ccc1Cl. The van der Waals surface area contributed by atoms with Gasteiger partial charge < -0.3 is 15.2 Å². The van der Waals surface area contributed by atoms with Crippen molar-refractivity contribution in [1.29, 1.82) is 0 Å². The molecule has 1 unspecified atom stereocenters. The highest BCUT2D eigenvalue weighted by Gasteiger charge is 2.57. The van der Waals surface area contributed by atoms with Gasteiger partial charge in [0.25, 0.3) is 0 Å². The van der Waals surface area contributed by atoms with Crippen molar-refractivity contribution in [2.75, 3.05) is 13.2 Å². The van der Waals surface area contributed by atoms with E-state index in [9.17, 15) is 27.9 Å². The number of fused-ring (bicyclic) bond motifs is 3. The molecule has 37 heavy (non-hydrogen) atoms. The topological polar surface area (TPSA) is 75.6 Å². The number of carbonyl (C=O) groups is 2. The molecule has 2 N–H and O–H groups in total. The molecule has 200 valence electrons. The second kappa shape index (κ2) is 10.7. The number of hydrogen-bond acceptors (Lipinski definition) is 4. The number of Topliss-reactive ketones (excluding diaryl/α,β-unsaturated/α-hetero) is 1. The first kappa shape index (κ1) is 27.5. The van der Waals surface area contributed by atoms with Crippen LogP contribution < -0.4 is 10.1 Å². The average Bonchev–Trinajstić information content (AvgIpc) is 2.85. The Bertz CT molecular complexity index is 1140. The zero-order valence-electron chi connectivity index (χ0n) is 20.7. The van der Waals surface area contributed by atoms with Crippen LogP contribution in [-0.2, 0) is 22.2 Å². The predicted molar refractivity (Wildman–Crippen MR) is 133 cm³/mol. The molecule has 1 amide bonds. The lowest BCUT2D eigenvalue weighted by molar-refractivity contribution is -0.162. The fraction of sp³-hybridized carbons (Fsp3) is 0.500. The molecule has 0 aliphatic heterocycles. The van der Waals surface area contributed by atoms with Gasteiger partial charge in [-0.1, -0.05) is 23.7 Å². The molecule has 1 atom stereocenters. The Morgan fingerprint density at radius 2 is 1.78 bits per heavy atom. The fourth-order valence-corrected chi connectivity index (χ4v) is 5.81. The van der Waals surface area contributed by atoms with Crippen molar-refractivity contribution in [2.24, 2.45) is 10.8 Å². The summed E-state index contributed by atoms with van der Waals surface area (Å²) in [6.07, 6.45) is -1.85. The quantitative estimate of drug-likeness (QED) is 0.432. The van der Waals surface area contributed by atoms with E-state index in [0.717, 1.165) is 17.7 Å². The number of alkyl halides is 3. The van der Waals surface area contributed by atoms with Gasteiger partial charge in [0.2, 0.25) is 5.91 Å². The van der Waals surface area contributed by atoms with Gasteiger partial charge in [0.05, 0.1) is 17.1 Å². The summed E-state index contributed by atoms with van der Waals surface area (Å²) in [6.45, 7) is 2.07. The Balaban J connectivity index is 1.26. The highest BCUT2D eigenvalue weighted by molar-refractivity contribution is 6.31. The maximum Gasteiger partial charge on any atom is 0.416 e. The van der Waals surface area contributed by atoms with E-state index in [2.05, 4.69) is 5.32 Å². The second-order valence-electron chi connectivity index (χ2n) is 10.5.